The van der Waals surface area contributed by atoms with Crippen LogP contribution in [0.5, 0.6) is 0 Å². The van der Waals surface area contributed by atoms with E-state index in [1.54, 1.807) is 0 Å². The smallest absolute Gasteiger partial charge is 0.462 e. The molecule has 0 aliphatic heterocycles. The van der Waals surface area contributed by atoms with Crippen molar-refractivity contribution in [2.45, 2.75) is 450 Å². The first-order valence-corrected chi connectivity index (χ1v) is 44.4. The molecule has 9 nitrogen and oxygen atoms in total. The highest BCUT2D eigenvalue weighted by Crippen LogP contribution is 2.43. The molecular formula is C87H167NO8P+. The number of hydrogen-bond acceptors (Lipinski definition) is 7. The zero-order chi connectivity index (χ0) is 70.4. The third-order valence-electron chi connectivity index (χ3n) is 19.6. The summed E-state index contributed by atoms with van der Waals surface area (Å²) >= 11 is 0. The molecular weight excluding hydrogens is 1220 g/mol. The highest BCUT2D eigenvalue weighted by atomic mass is 31.2. The molecule has 0 fully saturated rings. The molecule has 2 unspecified atom stereocenters. The summed E-state index contributed by atoms with van der Waals surface area (Å²) in [5.74, 6) is -0.768. The molecule has 0 rings (SSSR count). The summed E-state index contributed by atoms with van der Waals surface area (Å²) in [6.07, 6.45) is 104. The molecule has 0 heterocycles. The SMILES string of the molecule is CC/C=C\C/C=C\C/C=C\C/C=C\CCCCCCCCCCCCCCCCCCCCCCCCCCCCC(=O)OC(COC(=O)CCCCCCCCCCCCCCCCCCCCCCCCCCCCCCCCCCCC)COP(=O)(O)OCC[N+](C)(C)C. The number of nitrogens with zero attached hydrogens (tertiary/aromatic N) is 1. The molecule has 10 heteroatoms. The molecule has 1 N–H and O–H groups in total. The van der Waals surface area contributed by atoms with Crippen molar-refractivity contribution in [2.24, 2.45) is 0 Å². The Balaban J connectivity index is 3.86. The number of esters is 2. The topological polar surface area (TPSA) is 108 Å². The summed E-state index contributed by atoms with van der Waals surface area (Å²) < 4.78 is 34.9. The highest BCUT2D eigenvalue weighted by molar-refractivity contribution is 7.47. The Morgan fingerprint density at radius 3 is 0.876 bits per heavy atom. The van der Waals surface area contributed by atoms with Crippen LogP contribution in [0.25, 0.3) is 0 Å². The van der Waals surface area contributed by atoms with Crippen molar-refractivity contribution in [3.63, 3.8) is 0 Å². The second-order valence-electron chi connectivity index (χ2n) is 30.6. The molecule has 572 valence electrons. The van der Waals surface area contributed by atoms with E-state index in [0.29, 0.717) is 23.9 Å². The average Bonchev–Trinajstić information content (AvgIpc) is 1.69. The fraction of sp³-hybridized carbons (Fsp3) is 0.885. The molecule has 0 aromatic heterocycles. The first-order chi connectivity index (χ1) is 47.5. The van der Waals surface area contributed by atoms with Crippen LogP contribution in [0.2, 0.25) is 0 Å². The van der Waals surface area contributed by atoms with Gasteiger partial charge in [0.05, 0.1) is 27.7 Å². The number of quaternary nitrogens is 1. The van der Waals surface area contributed by atoms with E-state index in [1.807, 2.05) is 21.1 Å². The molecule has 0 aliphatic rings. The van der Waals surface area contributed by atoms with Gasteiger partial charge in [0.15, 0.2) is 6.10 Å². The lowest BCUT2D eigenvalue weighted by Gasteiger charge is -2.24. The van der Waals surface area contributed by atoms with Gasteiger partial charge in [-0.1, -0.05) is 428 Å². The maximum Gasteiger partial charge on any atom is 0.472 e. The van der Waals surface area contributed by atoms with E-state index >= 15 is 0 Å². The van der Waals surface area contributed by atoms with Crippen LogP contribution in [0.15, 0.2) is 48.6 Å². The fourth-order valence-corrected chi connectivity index (χ4v) is 13.9. The van der Waals surface area contributed by atoms with Gasteiger partial charge >= 0.3 is 19.8 Å². The molecule has 0 radical (unpaired) electrons. The highest BCUT2D eigenvalue weighted by Gasteiger charge is 2.27. The first-order valence-electron chi connectivity index (χ1n) is 42.9. The van der Waals surface area contributed by atoms with Crippen LogP contribution >= 0.6 is 7.82 Å². The van der Waals surface area contributed by atoms with Gasteiger partial charge in [-0.05, 0) is 51.4 Å². The summed E-state index contributed by atoms with van der Waals surface area (Å²) in [7, 11) is 1.51. The quantitative estimate of drug-likeness (QED) is 0.0211. The largest absolute Gasteiger partial charge is 0.472 e. The van der Waals surface area contributed by atoms with Crippen LogP contribution in [0, 0.1) is 0 Å². The number of rotatable bonds is 81. The number of phosphoric ester groups is 1. The van der Waals surface area contributed by atoms with Gasteiger partial charge in [0.25, 0.3) is 0 Å². The lowest BCUT2D eigenvalue weighted by atomic mass is 10.0. The van der Waals surface area contributed by atoms with Gasteiger partial charge in [0, 0.05) is 12.8 Å². The monoisotopic (exact) mass is 1390 g/mol. The summed E-state index contributed by atoms with van der Waals surface area (Å²) in [4.78, 5) is 36.0. The lowest BCUT2D eigenvalue weighted by Crippen LogP contribution is -2.37. The summed E-state index contributed by atoms with van der Waals surface area (Å²) in [6, 6.07) is 0. The van der Waals surface area contributed by atoms with Crippen molar-refractivity contribution in [1.29, 1.82) is 0 Å². The van der Waals surface area contributed by atoms with Crippen molar-refractivity contribution in [3.05, 3.63) is 48.6 Å². The Hall–Kier alpha value is -2.03. The number of likely N-dealkylation sites (N-methyl/N-ethyl adjacent to an activating group) is 1. The number of phosphoric acid groups is 1. The van der Waals surface area contributed by atoms with E-state index in [9.17, 15) is 19.0 Å². The Bertz CT molecular complexity index is 1770. The van der Waals surface area contributed by atoms with Crippen molar-refractivity contribution < 1.29 is 42.1 Å². The average molecular weight is 1390 g/mol. The van der Waals surface area contributed by atoms with Crippen molar-refractivity contribution in [3.8, 4) is 0 Å². The minimum Gasteiger partial charge on any atom is -0.462 e. The number of allylic oxidation sites excluding steroid dienone is 8. The molecule has 97 heavy (non-hydrogen) atoms. The van der Waals surface area contributed by atoms with Crippen LogP contribution in [0.3, 0.4) is 0 Å². The molecule has 0 saturated heterocycles. The Morgan fingerprint density at radius 1 is 0.330 bits per heavy atom. The van der Waals surface area contributed by atoms with Crippen molar-refractivity contribution >= 4 is 19.8 Å². The zero-order valence-electron chi connectivity index (χ0n) is 65.6. The van der Waals surface area contributed by atoms with E-state index < -0.39 is 26.5 Å². The summed E-state index contributed by atoms with van der Waals surface area (Å²) in [5, 5.41) is 0. The lowest BCUT2D eigenvalue weighted by molar-refractivity contribution is -0.870. The van der Waals surface area contributed by atoms with E-state index in [4.69, 9.17) is 18.5 Å². The standard InChI is InChI=1S/C87H166NO8P/c1-6-8-10-12-14-16-18-20-22-24-26-28-30-32-34-36-38-40-42-43-44-45-46-48-50-52-54-56-58-60-62-64-66-68-70-72-74-76-78-80-87(90)96-85(84-95-97(91,92)94-82-81-88(3,4)5)83-93-86(89)79-77-75-73-71-69-67-65-63-61-59-57-55-53-51-49-47-41-39-37-35-33-31-29-27-25-23-21-19-17-15-13-11-9-7-2/h8,10,14,16,20,22,26,28,85H,6-7,9,11-13,15,17-19,21,23-25,27,29-84H2,1-5H3/p+1/b10-8-,16-14-,22-20-,28-26-. The molecule has 0 aliphatic carbocycles. The van der Waals surface area contributed by atoms with E-state index in [0.717, 1.165) is 57.8 Å². The number of hydrogen-bond donors (Lipinski definition) is 1. The maximum absolute atomic E-state index is 12.9. The normalized spacial score (nSPS) is 13.2. The molecule has 0 amide bonds. The van der Waals surface area contributed by atoms with E-state index in [1.165, 1.54) is 353 Å². The molecule has 0 bridgehead atoms. The van der Waals surface area contributed by atoms with Crippen LogP contribution < -0.4 is 0 Å². The fourth-order valence-electron chi connectivity index (χ4n) is 13.1. The van der Waals surface area contributed by atoms with E-state index in [2.05, 4.69) is 62.5 Å². The van der Waals surface area contributed by atoms with Gasteiger partial charge in [-0.2, -0.15) is 0 Å². The van der Waals surface area contributed by atoms with E-state index in [-0.39, 0.29) is 25.6 Å². The Labute approximate surface area is 604 Å². The molecule has 2 atom stereocenters. The number of carbonyl (C=O) groups is 2. The van der Waals surface area contributed by atoms with Crippen LogP contribution in [0.4, 0.5) is 0 Å². The Kier molecular flexibility index (Phi) is 76.5. The molecule has 0 spiro atoms. The van der Waals surface area contributed by atoms with Gasteiger partial charge in [-0.3, -0.25) is 18.6 Å². The Morgan fingerprint density at radius 2 is 0.588 bits per heavy atom. The van der Waals surface area contributed by atoms with Gasteiger partial charge in [0.1, 0.15) is 19.8 Å². The van der Waals surface area contributed by atoms with Gasteiger partial charge in [-0.25, -0.2) is 4.57 Å². The molecule has 0 aromatic carbocycles. The third-order valence-corrected chi connectivity index (χ3v) is 20.6. The first kappa shape index (κ1) is 95.0. The summed E-state index contributed by atoms with van der Waals surface area (Å²) in [6.45, 7) is 4.41. The summed E-state index contributed by atoms with van der Waals surface area (Å²) in [5.41, 5.74) is 0. The predicted molar refractivity (Wildman–Crippen MR) is 423 cm³/mol. The van der Waals surface area contributed by atoms with Crippen LogP contribution in [-0.2, 0) is 32.7 Å². The maximum atomic E-state index is 12.9. The number of ether oxygens (including phenoxy) is 2. The van der Waals surface area contributed by atoms with Crippen LogP contribution in [0.1, 0.15) is 444 Å². The van der Waals surface area contributed by atoms with Gasteiger partial charge in [0.2, 0.25) is 0 Å². The van der Waals surface area contributed by atoms with Gasteiger partial charge < -0.3 is 18.9 Å². The minimum absolute atomic E-state index is 0.0356. The van der Waals surface area contributed by atoms with Crippen molar-refractivity contribution in [1.82, 2.24) is 0 Å². The second-order valence-corrected chi connectivity index (χ2v) is 32.0. The zero-order valence-corrected chi connectivity index (χ0v) is 66.5. The minimum atomic E-state index is -4.39. The van der Waals surface area contributed by atoms with Crippen molar-refractivity contribution in [2.75, 3.05) is 47.5 Å². The predicted octanol–water partition coefficient (Wildman–Crippen LogP) is 28.7. The third kappa shape index (κ3) is 82.8. The van der Waals surface area contributed by atoms with Crippen LogP contribution in [-0.4, -0.2) is 74.9 Å². The second kappa shape index (κ2) is 78.1. The number of unbranched alkanes of at least 4 members (excludes halogenated alkanes) is 59. The van der Waals surface area contributed by atoms with Gasteiger partial charge in [-0.15, -0.1) is 0 Å². The number of carbonyl (C=O) groups excluding carboxylic acids is 2. The molecule has 0 saturated carbocycles. The molecule has 0 aromatic rings.